The molecular weight excluding hydrogens is 224 g/mol. The van der Waals surface area contributed by atoms with Crippen molar-refractivity contribution in [3.05, 3.63) is 18.5 Å². The molecule has 0 aliphatic carbocycles. The molecule has 4 heteroatoms. The van der Waals surface area contributed by atoms with Crippen LogP contribution < -0.4 is 10.2 Å². The Balaban J connectivity index is 2.01. The Morgan fingerprint density at radius 2 is 1.78 bits per heavy atom. The van der Waals surface area contributed by atoms with E-state index in [9.17, 15) is 0 Å². The molecule has 0 radical (unpaired) electrons. The molecule has 0 aromatic carbocycles. The molecule has 1 N–H and O–H groups in total. The number of pyridine rings is 1. The fourth-order valence-electron chi connectivity index (χ4n) is 2.37. The number of nitrogens with zero attached hydrogens (tertiary/aromatic N) is 3. The topological polar surface area (TPSA) is 31.4 Å². The molecule has 1 aliphatic rings. The number of anilines is 2. The highest BCUT2D eigenvalue weighted by atomic mass is 15.3. The van der Waals surface area contributed by atoms with Crippen LogP contribution in [0.3, 0.4) is 0 Å². The molecule has 1 aromatic heterocycles. The molecule has 1 saturated heterocycles. The summed E-state index contributed by atoms with van der Waals surface area (Å²) in [7, 11) is 1.93. The summed E-state index contributed by atoms with van der Waals surface area (Å²) in [6.07, 6.45) is 3.81. The summed E-state index contributed by atoms with van der Waals surface area (Å²) in [5.74, 6) is 0. The first-order valence-electron chi connectivity index (χ1n) is 6.63. The van der Waals surface area contributed by atoms with E-state index in [1.54, 1.807) is 0 Å². The van der Waals surface area contributed by atoms with Crippen LogP contribution in [0.4, 0.5) is 11.4 Å². The Morgan fingerprint density at radius 1 is 1.11 bits per heavy atom. The second kappa shape index (κ2) is 5.14. The number of hydrogen-bond acceptors (Lipinski definition) is 4. The predicted octanol–water partition coefficient (Wildman–Crippen LogP) is 2.04. The van der Waals surface area contributed by atoms with Gasteiger partial charge < -0.3 is 10.2 Å². The number of hydrogen-bond donors (Lipinski definition) is 1. The van der Waals surface area contributed by atoms with Gasteiger partial charge in [0.05, 0.1) is 23.8 Å². The maximum atomic E-state index is 4.28. The fourth-order valence-corrected chi connectivity index (χ4v) is 2.37. The summed E-state index contributed by atoms with van der Waals surface area (Å²) in [6.45, 7) is 11.2. The van der Waals surface area contributed by atoms with Crippen molar-refractivity contribution in [3.8, 4) is 0 Å². The molecule has 1 aromatic rings. The van der Waals surface area contributed by atoms with Gasteiger partial charge in [-0.3, -0.25) is 9.88 Å². The maximum Gasteiger partial charge on any atom is 0.0574 e. The molecule has 0 unspecified atom stereocenters. The van der Waals surface area contributed by atoms with Crippen molar-refractivity contribution in [2.45, 2.75) is 26.3 Å². The number of nitrogens with one attached hydrogen (secondary N) is 1. The molecule has 0 atom stereocenters. The van der Waals surface area contributed by atoms with Crippen molar-refractivity contribution in [2.75, 3.05) is 43.4 Å². The van der Waals surface area contributed by atoms with E-state index in [0.717, 1.165) is 31.9 Å². The fraction of sp³-hybridized carbons (Fsp3) is 0.643. The van der Waals surface area contributed by atoms with E-state index in [4.69, 9.17) is 0 Å². The monoisotopic (exact) mass is 248 g/mol. The Kier molecular flexibility index (Phi) is 3.76. The molecule has 1 aliphatic heterocycles. The molecular formula is C14H24N4. The van der Waals surface area contributed by atoms with Gasteiger partial charge >= 0.3 is 0 Å². The first kappa shape index (κ1) is 13.1. The maximum absolute atomic E-state index is 4.28. The molecule has 1 fully saturated rings. The highest BCUT2D eigenvalue weighted by Gasteiger charge is 2.25. The minimum absolute atomic E-state index is 0.275. The van der Waals surface area contributed by atoms with Crippen molar-refractivity contribution in [1.29, 1.82) is 0 Å². The van der Waals surface area contributed by atoms with Gasteiger partial charge in [-0.1, -0.05) is 0 Å². The SMILES string of the molecule is CNc1cncc(N2CCN(C(C)(C)C)CC2)c1. The Bertz CT molecular complexity index is 389. The molecule has 4 nitrogen and oxygen atoms in total. The molecule has 0 bridgehead atoms. The first-order chi connectivity index (χ1) is 8.50. The van der Waals surface area contributed by atoms with E-state index in [-0.39, 0.29) is 5.54 Å². The molecule has 2 rings (SSSR count). The lowest BCUT2D eigenvalue weighted by Gasteiger charge is -2.43. The minimum atomic E-state index is 0.275. The number of aromatic nitrogens is 1. The minimum Gasteiger partial charge on any atom is -0.387 e. The van der Waals surface area contributed by atoms with Gasteiger partial charge in [0.2, 0.25) is 0 Å². The zero-order valence-corrected chi connectivity index (χ0v) is 11.9. The van der Waals surface area contributed by atoms with Gasteiger partial charge in [0.25, 0.3) is 0 Å². The van der Waals surface area contributed by atoms with Crippen LogP contribution in [-0.4, -0.2) is 48.6 Å². The summed E-state index contributed by atoms with van der Waals surface area (Å²) in [5, 5.41) is 3.14. The zero-order valence-electron chi connectivity index (χ0n) is 11.9. The molecule has 18 heavy (non-hydrogen) atoms. The lowest BCUT2D eigenvalue weighted by atomic mass is 10.0. The quantitative estimate of drug-likeness (QED) is 0.868. The Labute approximate surface area is 110 Å². The largest absolute Gasteiger partial charge is 0.387 e. The van der Waals surface area contributed by atoms with Crippen LogP contribution in [0.1, 0.15) is 20.8 Å². The lowest BCUT2D eigenvalue weighted by molar-refractivity contribution is 0.128. The van der Waals surface area contributed by atoms with Gasteiger partial charge in [0.1, 0.15) is 0 Å². The summed E-state index contributed by atoms with van der Waals surface area (Å²) in [4.78, 5) is 9.23. The number of piperazine rings is 1. The van der Waals surface area contributed by atoms with Crippen LogP contribution in [0.15, 0.2) is 18.5 Å². The summed E-state index contributed by atoms with van der Waals surface area (Å²) >= 11 is 0. The highest BCUT2D eigenvalue weighted by molar-refractivity contribution is 5.55. The van der Waals surface area contributed by atoms with Crippen molar-refractivity contribution in [2.24, 2.45) is 0 Å². The van der Waals surface area contributed by atoms with E-state index in [0.29, 0.717) is 0 Å². The van der Waals surface area contributed by atoms with E-state index < -0.39 is 0 Å². The molecule has 2 heterocycles. The molecule has 0 amide bonds. The Morgan fingerprint density at radius 3 is 2.33 bits per heavy atom. The second-order valence-corrected chi connectivity index (χ2v) is 5.83. The van der Waals surface area contributed by atoms with Crippen LogP contribution in [0.5, 0.6) is 0 Å². The van der Waals surface area contributed by atoms with E-state index in [1.165, 1.54) is 5.69 Å². The van der Waals surface area contributed by atoms with Gasteiger partial charge in [-0.2, -0.15) is 0 Å². The summed E-state index contributed by atoms with van der Waals surface area (Å²) < 4.78 is 0. The summed E-state index contributed by atoms with van der Waals surface area (Å²) in [5.41, 5.74) is 2.57. The third-order valence-corrected chi connectivity index (χ3v) is 3.61. The summed E-state index contributed by atoms with van der Waals surface area (Å²) in [6, 6.07) is 2.17. The first-order valence-corrected chi connectivity index (χ1v) is 6.63. The van der Waals surface area contributed by atoms with E-state index >= 15 is 0 Å². The van der Waals surface area contributed by atoms with Gasteiger partial charge in [-0.15, -0.1) is 0 Å². The van der Waals surface area contributed by atoms with Crippen LogP contribution in [0, 0.1) is 0 Å². The molecule has 100 valence electrons. The normalized spacial score (nSPS) is 17.9. The van der Waals surface area contributed by atoms with Crippen LogP contribution in [0.2, 0.25) is 0 Å². The van der Waals surface area contributed by atoms with Crippen LogP contribution in [0.25, 0.3) is 0 Å². The van der Waals surface area contributed by atoms with Crippen LogP contribution >= 0.6 is 0 Å². The van der Waals surface area contributed by atoms with E-state index in [1.807, 2.05) is 19.4 Å². The van der Waals surface area contributed by atoms with Crippen molar-refractivity contribution >= 4 is 11.4 Å². The van der Waals surface area contributed by atoms with E-state index in [2.05, 4.69) is 46.9 Å². The highest BCUT2D eigenvalue weighted by Crippen LogP contribution is 2.22. The standard InChI is InChI=1S/C14H24N4/c1-14(2,3)18-7-5-17(6-8-18)13-9-12(15-4)10-16-11-13/h9-11,15H,5-8H2,1-4H3. The molecule has 0 saturated carbocycles. The van der Waals surface area contributed by atoms with Gasteiger partial charge in [0.15, 0.2) is 0 Å². The van der Waals surface area contributed by atoms with Crippen molar-refractivity contribution in [1.82, 2.24) is 9.88 Å². The van der Waals surface area contributed by atoms with Gasteiger partial charge in [-0.25, -0.2) is 0 Å². The average molecular weight is 248 g/mol. The zero-order chi connectivity index (χ0) is 13.2. The Hall–Kier alpha value is -1.29. The van der Waals surface area contributed by atoms with Gasteiger partial charge in [-0.05, 0) is 26.8 Å². The number of rotatable bonds is 2. The lowest BCUT2D eigenvalue weighted by Crippen LogP contribution is -2.53. The third kappa shape index (κ3) is 2.93. The molecule has 0 spiro atoms. The van der Waals surface area contributed by atoms with Crippen molar-refractivity contribution in [3.63, 3.8) is 0 Å². The second-order valence-electron chi connectivity index (χ2n) is 5.83. The van der Waals surface area contributed by atoms with Gasteiger partial charge in [0, 0.05) is 38.8 Å². The smallest absolute Gasteiger partial charge is 0.0574 e. The predicted molar refractivity (Wildman–Crippen MR) is 77.3 cm³/mol. The third-order valence-electron chi connectivity index (χ3n) is 3.61. The average Bonchev–Trinajstić information content (AvgIpc) is 2.38. The van der Waals surface area contributed by atoms with Crippen LogP contribution in [-0.2, 0) is 0 Å². The van der Waals surface area contributed by atoms with Crippen molar-refractivity contribution < 1.29 is 0 Å².